The van der Waals surface area contributed by atoms with Gasteiger partial charge in [-0.25, -0.2) is 4.39 Å². The van der Waals surface area contributed by atoms with Gasteiger partial charge in [0.25, 0.3) is 0 Å². The van der Waals surface area contributed by atoms with Crippen molar-refractivity contribution in [3.05, 3.63) is 34.6 Å². The van der Waals surface area contributed by atoms with E-state index in [-0.39, 0.29) is 11.7 Å². The fourth-order valence-electron chi connectivity index (χ4n) is 1.76. The van der Waals surface area contributed by atoms with Gasteiger partial charge in [-0.1, -0.05) is 17.7 Å². The molecule has 0 spiro atoms. The summed E-state index contributed by atoms with van der Waals surface area (Å²) in [5.74, 6) is -0.471. The van der Waals surface area contributed by atoms with Gasteiger partial charge in [-0.3, -0.25) is 0 Å². The Morgan fingerprint density at radius 2 is 2.00 bits per heavy atom. The standard InChI is InChI=1S/C12H17ClFNO2/c1-16-12(17-2)8(7-15)6-9-10(13)4-3-5-11(9)14/h3-5,8,12H,6-7,15H2,1-2H3. The maximum Gasteiger partial charge on any atom is 0.161 e. The van der Waals surface area contributed by atoms with E-state index in [0.717, 1.165) is 0 Å². The summed E-state index contributed by atoms with van der Waals surface area (Å²) in [7, 11) is 3.06. The van der Waals surface area contributed by atoms with Crippen LogP contribution >= 0.6 is 11.6 Å². The zero-order valence-corrected chi connectivity index (χ0v) is 10.7. The van der Waals surface area contributed by atoms with E-state index in [9.17, 15) is 4.39 Å². The fraction of sp³-hybridized carbons (Fsp3) is 0.500. The van der Waals surface area contributed by atoms with Gasteiger partial charge in [0.2, 0.25) is 0 Å². The van der Waals surface area contributed by atoms with Gasteiger partial charge in [-0.05, 0) is 18.6 Å². The van der Waals surface area contributed by atoms with Crippen molar-refractivity contribution in [1.29, 1.82) is 0 Å². The average molecular weight is 262 g/mol. The highest BCUT2D eigenvalue weighted by Gasteiger charge is 2.22. The Hall–Kier alpha value is -0.680. The van der Waals surface area contributed by atoms with Gasteiger partial charge in [0.05, 0.1) is 0 Å². The smallest absolute Gasteiger partial charge is 0.161 e. The second kappa shape index (κ2) is 6.91. The Kier molecular flexibility index (Phi) is 5.85. The molecule has 0 bridgehead atoms. The van der Waals surface area contributed by atoms with Gasteiger partial charge in [-0.15, -0.1) is 0 Å². The molecule has 1 aromatic carbocycles. The Bertz CT molecular complexity index is 338. The molecule has 1 unspecified atom stereocenters. The highest BCUT2D eigenvalue weighted by Crippen LogP contribution is 2.24. The molecule has 0 heterocycles. The molecule has 1 aromatic rings. The van der Waals surface area contributed by atoms with Gasteiger partial charge in [0, 0.05) is 37.3 Å². The third kappa shape index (κ3) is 3.64. The molecule has 0 fully saturated rings. The second-order valence-electron chi connectivity index (χ2n) is 3.74. The summed E-state index contributed by atoms with van der Waals surface area (Å²) in [6, 6.07) is 4.61. The predicted molar refractivity (Wildman–Crippen MR) is 65.5 cm³/mol. The van der Waals surface area contributed by atoms with Gasteiger partial charge < -0.3 is 15.2 Å². The van der Waals surface area contributed by atoms with E-state index in [0.29, 0.717) is 23.6 Å². The van der Waals surface area contributed by atoms with Crippen molar-refractivity contribution in [2.75, 3.05) is 20.8 Å². The third-order valence-electron chi connectivity index (χ3n) is 2.68. The van der Waals surface area contributed by atoms with Gasteiger partial charge in [-0.2, -0.15) is 0 Å². The topological polar surface area (TPSA) is 44.5 Å². The van der Waals surface area contributed by atoms with E-state index in [2.05, 4.69) is 0 Å². The molecule has 0 radical (unpaired) electrons. The zero-order chi connectivity index (χ0) is 12.8. The summed E-state index contributed by atoms with van der Waals surface area (Å²) in [4.78, 5) is 0. The van der Waals surface area contributed by atoms with Crippen molar-refractivity contribution in [2.45, 2.75) is 12.7 Å². The molecule has 1 rings (SSSR count). The summed E-state index contributed by atoms with van der Waals surface area (Å²) < 4.78 is 23.9. The van der Waals surface area contributed by atoms with E-state index in [1.54, 1.807) is 12.1 Å². The van der Waals surface area contributed by atoms with Crippen LogP contribution in [0.25, 0.3) is 0 Å². The first kappa shape index (κ1) is 14.4. The Balaban J connectivity index is 2.87. The summed E-state index contributed by atoms with van der Waals surface area (Å²) >= 11 is 5.96. The molecule has 5 heteroatoms. The van der Waals surface area contributed by atoms with Crippen LogP contribution in [-0.4, -0.2) is 27.1 Å². The van der Waals surface area contributed by atoms with Crippen LogP contribution in [0.1, 0.15) is 5.56 Å². The molecule has 17 heavy (non-hydrogen) atoms. The molecule has 0 aromatic heterocycles. The maximum absolute atomic E-state index is 13.6. The van der Waals surface area contributed by atoms with Crippen LogP contribution in [0.3, 0.4) is 0 Å². The van der Waals surface area contributed by atoms with Crippen LogP contribution in [-0.2, 0) is 15.9 Å². The largest absolute Gasteiger partial charge is 0.356 e. The van der Waals surface area contributed by atoms with E-state index in [4.69, 9.17) is 26.8 Å². The van der Waals surface area contributed by atoms with E-state index in [1.165, 1.54) is 20.3 Å². The average Bonchev–Trinajstić information content (AvgIpc) is 2.33. The Morgan fingerprint density at radius 1 is 1.35 bits per heavy atom. The van der Waals surface area contributed by atoms with Crippen LogP contribution in [0.5, 0.6) is 0 Å². The number of halogens is 2. The van der Waals surface area contributed by atoms with E-state index in [1.807, 2.05) is 0 Å². The molecule has 2 N–H and O–H groups in total. The molecule has 0 saturated heterocycles. The number of hydrogen-bond donors (Lipinski definition) is 1. The molecule has 0 aliphatic carbocycles. The van der Waals surface area contributed by atoms with Crippen molar-refractivity contribution in [3.63, 3.8) is 0 Å². The van der Waals surface area contributed by atoms with Crippen LogP contribution < -0.4 is 5.73 Å². The quantitative estimate of drug-likeness (QED) is 0.799. The van der Waals surface area contributed by atoms with Crippen LogP contribution in [0, 0.1) is 11.7 Å². The Morgan fingerprint density at radius 3 is 2.47 bits per heavy atom. The lowest BCUT2D eigenvalue weighted by atomic mass is 9.98. The molecule has 0 aliphatic heterocycles. The van der Waals surface area contributed by atoms with Crippen molar-refractivity contribution < 1.29 is 13.9 Å². The number of nitrogens with two attached hydrogens (primary N) is 1. The monoisotopic (exact) mass is 261 g/mol. The molecule has 0 saturated carbocycles. The lowest BCUT2D eigenvalue weighted by molar-refractivity contribution is -0.134. The van der Waals surface area contributed by atoms with Crippen molar-refractivity contribution in [3.8, 4) is 0 Å². The van der Waals surface area contributed by atoms with Crippen LogP contribution in [0.15, 0.2) is 18.2 Å². The highest BCUT2D eigenvalue weighted by molar-refractivity contribution is 6.31. The van der Waals surface area contributed by atoms with E-state index >= 15 is 0 Å². The van der Waals surface area contributed by atoms with Crippen LogP contribution in [0.4, 0.5) is 4.39 Å². The Labute approximate surface area is 106 Å². The number of benzene rings is 1. The highest BCUT2D eigenvalue weighted by atomic mass is 35.5. The first-order valence-corrected chi connectivity index (χ1v) is 5.70. The third-order valence-corrected chi connectivity index (χ3v) is 3.03. The number of ether oxygens (including phenoxy) is 2. The number of rotatable bonds is 6. The number of methoxy groups -OCH3 is 2. The first-order valence-electron chi connectivity index (χ1n) is 5.32. The van der Waals surface area contributed by atoms with Gasteiger partial charge in [0.15, 0.2) is 6.29 Å². The van der Waals surface area contributed by atoms with Crippen molar-refractivity contribution in [1.82, 2.24) is 0 Å². The van der Waals surface area contributed by atoms with E-state index < -0.39 is 6.29 Å². The molecule has 0 amide bonds. The molecular weight excluding hydrogens is 245 g/mol. The van der Waals surface area contributed by atoms with Gasteiger partial charge >= 0.3 is 0 Å². The molecule has 1 atom stereocenters. The minimum Gasteiger partial charge on any atom is -0.356 e. The normalized spacial score (nSPS) is 13.1. The molecule has 96 valence electrons. The second-order valence-corrected chi connectivity index (χ2v) is 4.15. The summed E-state index contributed by atoms with van der Waals surface area (Å²) in [6.07, 6.45) is -0.0791. The molecular formula is C12H17ClFNO2. The van der Waals surface area contributed by atoms with Crippen molar-refractivity contribution in [2.24, 2.45) is 11.7 Å². The fourth-order valence-corrected chi connectivity index (χ4v) is 2.00. The van der Waals surface area contributed by atoms with Gasteiger partial charge in [0.1, 0.15) is 5.82 Å². The lowest BCUT2D eigenvalue weighted by Crippen LogP contribution is -2.33. The summed E-state index contributed by atoms with van der Waals surface area (Å²) in [5, 5.41) is 0.398. The summed E-state index contributed by atoms with van der Waals surface area (Å²) in [5.41, 5.74) is 6.10. The van der Waals surface area contributed by atoms with Crippen LogP contribution in [0.2, 0.25) is 5.02 Å². The zero-order valence-electron chi connectivity index (χ0n) is 9.95. The minimum atomic E-state index is -0.462. The molecule has 0 aliphatic rings. The number of hydrogen-bond acceptors (Lipinski definition) is 3. The first-order chi connectivity index (χ1) is 8.13. The minimum absolute atomic E-state index is 0.139. The maximum atomic E-state index is 13.6. The lowest BCUT2D eigenvalue weighted by Gasteiger charge is -2.23. The predicted octanol–water partition coefficient (Wildman–Crippen LogP) is 2.22. The molecule has 3 nitrogen and oxygen atoms in total. The SMILES string of the molecule is COC(OC)C(CN)Cc1c(F)cccc1Cl. The van der Waals surface area contributed by atoms with Crippen molar-refractivity contribution >= 4 is 11.6 Å². The summed E-state index contributed by atoms with van der Waals surface area (Å²) in [6.45, 7) is 0.330.